The third-order valence-corrected chi connectivity index (χ3v) is 3.46. The highest BCUT2D eigenvalue weighted by molar-refractivity contribution is 5.52. The highest BCUT2D eigenvalue weighted by Crippen LogP contribution is 2.23. The molecule has 2 heteroatoms. The molecule has 2 aromatic rings. The second-order valence-electron chi connectivity index (χ2n) is 5.84. The summed E-state index contributed by atoms with van der Waals surface area (Å²) in [4.78, 5) is 0. The first-order valence-corrected chi connectivity index (χ1v) is 7.60. The molecular formula is C19H25NO. The Bertz CT molecular complexity index is 570. The lowest BCUT2D eigenvalue weighted by Gasteiger charge is -2.15. The number of para-hydroxylation sites is 1. The molecule has 0 aromatic heterocycles. The van der Waals surface area contributed by atoms with Gasteiger partial charge < -0.3 is 10.1 Å². The summed E-state index contributed by atoms with van der Waals surface area (Å²) >= 11 is 0. The summed E-state index contributed by atoms with van der Waals surface area (Å²) in [5.74, 6) is 1.47. The minimum absolute atomic E-state index is 0.522. The standard InChI is InChI=1S/C19H25NO/c1-14(2)18-7-5-6-8-19(18)20-9-10-21-17-12-15(3)11-16(4)13-17/h5-8,11-14,20H,9-10H2,1-4H3. The van der Waals surface area contributed by atoms with Gasteiger partial charge in [-0.15, -0.1) is 0 Å². The van der Waals surface area contributed by atoms with Crippen LogP contribution in [0.25, 0.3) is 0 Å². The molecule has 0 fully saturated rings. The molecule has 0 bridgehead atoms. The van der Waals surface area contributed by atoms with E-state index in [2.05, 4.69) is 75.5 Å². The fraction of sp³-hybridized carbons (Fsp3) is 0.368. The zero-order chi connectivity index (χ0) is 15.2. The maximum atomic E-state index is 5.83. The highest BCUT2D eigenvalue weighted by atomic mass is 16.5. The Morgan fingerprint density at radius 3 is 2.33 bits per heavy atom. The topological polar surface area (TPSA) is 21.3 Å². The molecule has 112 valence electrons. The molecular weight excluding hydrogens is 258 g/mol. The molecule has 21 heavy (non-hydrogen) atoms. The van der Waals surface area contributed by atoms with Crippen molar-refractivity contribution in [2.45, 2.75) is 33.6 Å². The number of hydrogen-bond acceptors (Lipinski definition) is 2. The van der Waals surface area contributed by atoms with E-state index in [0.29, 0.717) is 12.5 Å². The molecule has 0 saturated heterocycles. The van der Waals surface area contributed by atoms with Crippen molar-refractivity contribution in [3.05, 3.63) is 59.2 Å². The van der Waals surface area contributed by atoms with E-state index >= 15 is 0 Å². The van der Waals surface area contributed by atoms with Crippen molar-refractivity contribution in [2.24, 2.45) is 0 Å². The molecule has 0 radical (unpaired) electrons. The molecule has 2 rings (SSSR count). The lowest BCUT2D eigenvalue weighted by Crippen LogP contribution is -2.13. The van der Waals surface area contributed by atoms with E-state index in [0.717, 1.165) is 12.3 Å². The van der Waals surface area contributed by atoms with E-state index in [-0.39, 0.29) is 0 Å². The molecule has 0 aliphatic carbocycles. The lowest BCUT2D eigenvalue weighted by atomic mass is 10.0. The molecule has 0 spiro atoms. The van der Waals surface area contributed by atoms with Crippen LogP contribution in [0.5, 0.6) is 5.75 Å². The summed E-state index contributed by atoms with van der Waals surface area (Å²) in [6, 6.07) is 14.8. The Labute approximate surface area is 128 Å². The highest BCUT2D eigenvalue weighted by Gasteiger charge is 2.04. The lowest BCUT2D eigenvalue weighted by molar-refractivity contribution is 0.332. The average Bonchev–Trinajstić information content (AvgIpc) is 2.43. The van der Waals surface area contributed by atoms with Crippen LogP contribution in [0.4, 0.5) is 5.69 Å². The molecule has 1 N–H and O–H groups in total. The summed E-state index contributed by atoms with van der Waals surface area (Å²) in [6.07, 6.45) is 0. The van der Waals surface area contributed by atoms with Gasteiger partial charge in [-0.25, -0.2) is 0 Å². The van der Waals surface area contributed by atoms with E-state index in [9.17, 15) is 0 Å². The number of rotatable bonds is 6. The van der Waals surface area contributed by atoms with Gasteiger partial charge in [0.15, 0.2) is 0 Å². The number of anilines is 1. The number of nitrogens with one attached hydrogen (secondary N) is 1. The largest absolute Gasteiger partial charge is 0.492 e. The Hall–Kier alpha value is -1.96. The van der Waals surface area contributed by atoms with Gasteiger partial charge in [-0.1, -0.05) is 38.1 Å². The van der Waals surface area contributed by atoms with Gasteiger partial charge in [-0.3, -0.25) is 0 Å². The number of aryl methyl sites for hydroxylation is 2. The first kappa shape index (κ1) is 15.4. The third kappa shape index (κ3) is 4.52. The molecule has 0 aliphatic heterocycles. The molecule has 2 aromatic carbocycles. The Morgan fingerprint density at radius 2 is 1.67 bits per heavy atom. The van der Waals surface area contributed by atoms with Crippen LogP contribution < -0.4 is 10.1 Å². The fourth-order valence-electron chi connectivity index (χ4n) is 2.53. The average molecular weight is 283 g/mol. The number of hydrogen-bond donors (Lipinski definition) is 1. The Kier molecular flexibility index (Phi) is 5.26. The van der Waals surface area contributed by atoms with Crippen molar-refractivity contribution in [1.82, 2.24) is 0 Å². The molecule has 2 nitrogen and oxygen atoms in total. The van der Waals surface area contributed by atoms with Gasteiger partial charge in [0, 0.05) is 12.2 Å². The summed E-state index contributed by atoms with van der Waals surface area (Å²) in [5.41, 5.74) is 5.03. The molecule has 0 atom stereocenters. The molecule has 0 saturated carbocycles. The molecule has 0 unspecified atom stereocenters. The van der Waals surface area contributed by atoms with Crippen molar-refractivity contribution < 1.29 is 4.74 Å². The van der Waals surface area contributed by atoms with Crippen LogP contribution in [-0.4, -0.2) is 13.2 Å². The van der Waals surface area contributed by atoms with Gasteiger partial charge >= 0.3 is 0 Å². The Balaban J connectivity index is 1.87. The fourth-order valence-corrected chi connectivity index (χ4v) is 2.53. The summed E-state index contributed by atoms with van der Waals surface area (Å²) < 4.78 is 5.83. The molecule has 0 aliphatic rings. The zero-order valence-corrected chi connectivity index (χ0v) is 13.4. The molecule has 0 heterocycles. The summed E-state index contributed by atoms with van der Waals surface area (Å²) in [5, 5.41) is 3.47. The quantitative estimate of drug-likeness (QED) is 0.760. The van der Waals surface area contributed by atoms with E-state index in [1.54, 1.807) is 0 Å². The maximum absolute atomic E-state index is 5.83. The minimum Gasteiger partial charge on any atom is -0.492 e. The number of benzene rings is 2. The zero-order valence-electron chi connectivity index (χ0n) is 13.4. The van der Waals surface area contributed by atoms with Gasteiger partial charge in [0.2, 0.25) is 0 Å². The van der Waals surface area contributed by atoms with Crippen molar-refractivity contribution in [3.63, 3.8) is 0 Å². The third-order valence-electron chi connectivity index (χ3n) is 3.46. The van der Waals surface area contributed by atoms with E-state index in [1.165, 1.54) is 22.4 Å². The smallest absolute Gasteiger partial charge is 0.119 e. The van der Waals surface area contributed by atoms with Crippen LogP contribution in [0.3, 0.4) is 0 Å². The normalized spacial score (nSPS) is 10.7. The van der Waals surface area contributed by atoms with Crippen molar-refractivity contribution in [2.75, 3.05) is 18.5 Å². The SMILES string of the molecule is Cc1cc(C)cc(OCCNc2ccccc2C(C)C)c1. The summed E-state index contributed by atoms with van der Waals surface area (Å²) in [6.45, 7) is 10.1. The molecule has 0 amide bonds. The number of ether oxygens (including phenoxy) is 1. The van der Waals surface area contributed by atoms with Crippen LogP contribution in [0.15, 0.2) is 42.5 Å². The predicted octanol–water partition coefficient (Wildman–Crippen LogP) is 4.92. The van der Waals surface area contributed by atoms with Crippen LogP contribution in [-0.2, 0) is 0 Å². The van der Waals surface area contributed by atoms with Gasteiger partial charge in [0.1, 0.15) is 12.4 Å². The minimum atomic E-state index is 0.522. The second kappa shape index (κ2) is 7.16. The van der Waals surface area contributed by atoms with Gasteiger partial charge in [0.25, 0.3) is 0 Å². The first-order valence-electron chi connectivity index (χ1n) is 7.60. The maximum Gasteiger partial charge on any atom is 0.119 e. The van der Waals surface area contributed by atoms with Gasteiger partial charge in [-0.05, 0) is 54.7 Å². The monoisotopic (exact) mass is 283 g/mol. The van der Waals surface area contributed by atoms with Crippen LogP contribution >= 0.6 is 0 Å². The van der Waals surface area contributed by atoms with E-state index in [1.807, 2.05) is 0 Å². The van der Waals surface area contributed by atoms with E-state index in [4.69, 9.17) is 4.74 Å². The van der Waals surface area contributed by atoms with Crippen LogP contribution in [0.2, 0.25) is 0 Å². The van der Waals surface area contributed by atoms with Crippen LogP contribution in [0, 0.1) is 13.8 Å². The van der Waals surface area contributed by atoms with Crippen molar-refractivity contribution >= 4 is 5.69 Å². The van der Waals surface area contributed by atoms with Crippen molar-refractivity contribution in [1.29, 1.82) is 0 Å². The first-order chi connectivity index (χ1) is 10.1. The summed E-state index contributed by atoms with van der Waals surface area (Å²) in [7, 11) is 0. The van der Waals surface area contributed by atoms with Gasteiger partial charge in [0.05, 0.1) is 0 Å². The van der Waals surface area contributed by atoms with Crippen LogP contribution in [0.1, 0.15) is 36.5 Å². The van der Waals surface area contributed by atoms with E-state index < -0.39 is 0 Å². The van der Waals surface area contributed by atoms with Crippen molar-refractivity contribution in [3.8, 4) is 5.75 Å². The second-order valence-corrected chi connectivity index (χ2v) is 5.84. The Morgan fingerprint density at radius 1 is 1.00 bits per heavy atom. The predicted molar refractivity (Wildman–Crippen MR) is 90.4 cm³/mol. The van der Waals surface area contributed by atoms with Gasteiger partial charge in [-0.2, -0.15) is 0 Å².